The zero-order chi connectivity index (χ0) is 14.7. The van der Waals surface area contributed by atoms with Gasteiger partial charge in [0.2, 0.25) is 0 Å². The second-order valence-corrected chi connectivity index (χ2v) is 5.85. The molecule has 1 aliphatic carbocycles. The van der Waals surface area contributed by atoms with Crippen LogP contribution >= 0.6 is 0 Å². The number of nitrogens with two attached hydrogens (primary N) is 1. The lowest BCUT2D eigenvalue weighted by molar-refractivity contribution is 0.419. The summed E-state index contributed by atoms with van der Waals surface area (Å²) in [5.41, 5.74) is 6.35. The van der Waals surface area contributed by atoms with Crippen molar-refractivity contribution < 1.29 is 4.39 Å². The van der Waals surface area contributed by atoms with Crippen LogP contribution in [0.15, 0.2) is 48.5 Å². The maximum atomic E-state index is 13.3. The molecule has 0 aromatic heterocycles. The minimum absolute atomic E-state index is 0.00207. The van der Waals surface area contributed by atoms with E-state index in [2.05, 4.69) is 29.7 Å². The quantitative estimate of drug-likeness (QED) is 0.646. The van der Waals surface area contributed by atoms with Gasteiger partial charge in [-0.1, -0.05) is 42.8 Å². The highest BCUT2D eigenvalue weighted by Crippen LogP contribution is 2.36. The third kappa shape index (κ3) is 3.31. The van der Waals surface area contributed by atoms with Gasteiger partial charge in [-0.2, -0.15) is 0 Å². The summed E-state index contributed by atoms with van der Waals surface area (Å²) in [6.07, 6.45) is 4.64. The van der Waals surface area contributed by atoms with Crippen molar-refractivity contribution in [2.45, 2.75) is 37.6 Å². The Balaban J connectivity index is 1.73. The first kappa shape index (κ1) is 14.2. The number of rotatable bonds is 5. The van der Waals surface area contributed by atoms with E-state index in [0.29, 0.717) is 6.42 Å². The standard InChI is InChI=1S/C18H21FN2/c19-17-6-1-3-13(11-17)12-18(21-20)16-9-7-15(8-10-16)14-4-2-5-14/h1,3,6-11,14,18,21H,2,4-5,12,20H2. The third-order valence-corrected chi connectivity index (χ3v) is 4.45. The molecule has 2 nitrogen and oxygen atoms in total. The van der Waals surface area contributed by atoms with Gasteiger partial charge in [0.05, 0.1) is 0 Å². The van der Waals surface area contributed by atoms with Crippen LogP contribution in [-0.4, -0.2) is 0 Å². The highest BCUT2D eigenvalue weighted by Gasteiger charge is 2.19. The molecular weight excluding hydrogens is 263 g/mol. The van der Waals surface area contributed by atoms with E-state index in [1.54, 1.807) is 12.1 Å². The summed E-state index contributed by atoms with van der Waals surface area (Å²) in [6.45, 7) is 0. The smallest absolute Gasteiger partial charge is 0.123 e. The van der Waals surface area contributed by atoms with Gasteiger partial charge in [-0.15, -0.1) is 0 Å². The first-order chi connectivity index (χ1) is 10.3. The summed E-state index contributed by atoms with van der Waals surface area (Å²) in [6, 6.07) is 15.4. The average Bonchev–Trinajstić information content (AvgIpc) is 2.44. The van der Waals surface area contributed by atoms with Gasteiger partial charge in [-0.05, 0) is 54.0 Å². The summed E-state index contributed by atoms with van der Waals surface area (Å²) in [7, 11) is 0. The van der Waals surface area contributed by atoms with E-state index in [1.165, 1.54) is 30.9 Å². The Morgan fingerprint density at radius 2 is 1.90 bits per heavy atom. The second-order valence-electron chi connectivity index (χ2n) is 5.85. The van der Waals surface area contributed by atoms with Gasteiger partial charge in [-0.3, -0.25) is 11.3 Å². The van der Waals surface area contributed by atoms with Crippen molar-refractivity contribution in [1.82, 2.24) is 5.43 Å². The molecule has 0 bridgehead atoms. The van der Waals surface area contributed by atoms with Gasteiger partial charge in [0.15, 0.2) is 0 Å². The number of nitrogens with one attached hydrogen (secondary N) is 1. The summed E-state index contributed by atoms with van der Waals surface area (Å²) in [5.74, 6) is 6.22. The molecule has 0 aliphatic heterocycles. The lowest BCUT2D eigenvalue weighted by atomic mass is 9.80. The fourth-order valence-corrected chi connectivity index (χ4v) is 2.91. The monoisotopic (exact) mass is 284 g/mol. The zero-order valence-corrected chi connectivity index (χ0v) is 12.1. The highest BCUT2D eigenvalue weighted by molar-refractivity contribution is 5.30. The average molecular weight is 284 g/mol. The molecule has 0 radical (unpaired) electrons. The van der Waals surface area contributed by atoms with Crippen LogP contribution in [0.25, 0.3) is 0 Å². The van der Waals surface area contributed by atoms with Gasteiger partial charge in [0.25, 0.3) is 0 Å². The Hall–Kier alpha value is -1.71. The maximum absolute atomic E-state index is 13.3. The van der Waals surface area contributed by atoms with Crippen LogP contribution in [0.2, 0.25) is 0 Å². The molecule has 1 atom stereocenters. The molecule has 0 heterocycles. The summed E-state index contributed by atoms with van der Waals surface area (Å²) in [4.78, 5) is 0. The fraction of sp³-hybridized carbons (Fsp3) is 0.333. The van der Waals surface area contributed by atoms with E-state index >= 15 is 0 Å². The van der Waals surface area contributed by atoms with E-state index in [1.807, 2.05) is 6.07 Å². The Kier molecular flexibility index (Phi) is 4.32. The Bertz CT molecular complexity index is 590. The number of hydrogen-bond donors (Lipinski definition) is 2. The molecule has 1 unspecified atom stereocenters. The lowest BCUT2D eigenvalue weighted by Gasteiger charge is -2.26. The van der Waals surface area contributed by atoms with Gasteiger partial charge in [0.1, 0.15) is 5.82 Å². The van der Waals surface area contributed by atoms with Crippen molar-refractivity contribution >= 4 is 0 Å². The van der Waals surface area contributed by atoms with Crippen LogP contribution < -0.4 is 11.3 Å². The normalized spacial score (nSPS) is 16.5. The first-order valence-corrected chi connectivity index (χ1v) is 7.56. The molecule has 3 heteroatoms. The van der Waals surface area contributed by atoms with Crippen molar-refractivity contribution in [3.63, 3.8) is 0 Å². The fourth-order valence-electron chi connectivity index (χ4n) is 2.91. The molecule has 0 saturated heterocycles. The lowest BCUT2D eigenvalue weighted by Crippen LogP contribution is -2.29. The van der Waals surface area contributed by atoms with Gasteiger partial charge in [-0.25, -0.2) is 4.39 Å². The molecule has 2 aromatic carbocycles. The minimum atomic E-state index is -0.205. The first-order valence-electron chi connectivity index (χ1n) is 7.56. The minimum Gasteiger partial charge on any atom is -0.271 e. The molecular formula is C18H21FN2. The van der Waals surface area contributed by atoms with Gasteiger partial charge in [0, 0.05) is 6.04 Å². The summed E-state index contributed by atoms with van der Waals surface area (Å²) in [5, 5.41) is 0. The molecule has 1 fully saturated rings. The molecule has 1 saturated carbocycles. The molecule has 21 heavy (non-hydrogen) atoms. The number of hydrogen-bond acceptors (Lipinski definition) is 2. The SMILES string of the molecule is NNC(Cc1cccc(F)c1)c1ccc(C2CCC2)cc1. The molecule has 3 N–H and O–H groups in total. The van der Waals surface area contributed by atoms with Crippen molar-refractivity contribution in [2.24, 2.45) is 5.84 Å². The van der Waals surface area contributed by atoms with E-state index in [9.17, 15) is 4.39 Å². The molecule has 3 rings (SSSR count). The molecule has 0 spiro atoms. The van der Waals surface area contributed by atoms with E-state index in [4.69, 9.17) is 5.84 Å². The molecule has 0 amide bonds. The number of benzene rings is 2. The van der Waals surface area contributed by atoms with Crippen LogP contribution in [0.5, 0.6) is 0 Å². The topological polar surface area (TPSA) is 38.0 Å². The van der Waals surface area contributed by atoms with E-state index in [-0.39, 0.29) is 11.9 Å². The Labute approximate surface area is 125 Å². The van der Waals surface area contributed by atoms with Crippen LogP contribution in [-0.2, 0) is 6.42 Å². The Morgan fingerprint density at radius 3 is 2.48 bits per heavy atom. The predicted octanol–water partition coefficient (Wildman–Crippen LogP) is 3.84. The predicted molar refractivity (Wildman–Crippen MR) is 83.2 cm³/mol. The second kappa shape index (κ2) is 6.37. The van der Waals surface area contributed by atoms with Crippen molar-refractivity contribution in [3.8, 4) is 0 Å². The zero-order valence-electron chi connectivity index (χ0n) is 12.1. The van der Waals surface area contributed by atoms with E-state index in [0.717, 1.165) is 17.0 Å². The van der Waals surface area contributed by atoms with Crippen LogP contribution in [0.1, 0.15) is 47.9 Å². The summed E-state index contributed by atoms with van der Waals surface area (Å²) >= 11 is 0. The molecule has 2 aromatic rings. The van der Waals surface area contributed by atoms with Crippen LogP contribution in [0, 0.1) is 5.82 Å². The van der Waals surface area contributed by atoms with Crippen molar-refractivity contribution in [1.29, 1.82) is 0 Å². The maximum Gasteiger partial charge on any atom is 0.123 e. The molecule has 1 aliphatic rings. The third-order valence-electron chi connectivity index (χ3n) is 4.45. The number of hydrazine groups is 1. The van der Waals surface area contributed by atoms with Gasteiger partial charge < -0.3 is 0 Å². The summed E-state index contributed by atoms with van der Waals surface area (Å²) < 4.78 is 13.3. The largest absolute Gasteiger partial charge is 0.271 e. The number of halogens is 1. The molecule has 110 valence electrons. The van der Waals surface area contributed by atoms with Crippen molar-refractivity contribution in [3.05, 3.63) is 71.0 Å². The van der Waals surface area contributed by atoms with E-state index < -0.39 is 0 Å². The van der Waals surface area contributed by atoms with Crippen LogP contribution in [0.3, 0.4) is 0 Å². The highest BCUT2D eigenvalue weighted by atomic mass is 19.1. The van der Waals surface area contributed by atoms with Gasteiger partial charge >= 0.3 is 0 Å². The van der Waals surface area contributed by atoms with Crippen LogP contribution in [0.4, 0.5) is 4.39 Å². The van der Waals surface area contributed by atoms with Crippen molar-refractivity contribution in [2.75, 3.05) is 0 Å². The Morgan fingerprint density at radius 1 is 1.14 bits per heavy atom.